The molecule has 1 aromatic rings. The van der Waals surface area contributed by atoms with Gasteiger partial charge in [0.05, 0.1) is 4.88 Å². The van der Waals surface area contributed by atoms with E-state index in [1.54, 1.807) is 11.3 Å². The molecule has 2 nitrogen and oxygen atoms in total. The second-order valence-corrected chi connectivity index (χ2v) is 5.84. The number of hydrogen-bond donors (Lipinski definition) is 1. The van der Waals surface area contributed by atoms with Crippen LogP contribution in [0.4, 0.5) is 0 Å². The van der Waals surface area contributed by atoms with E-state index < -0.39 is 0 Å². The van der Waals surface area contributed by atoms with Crippen LogP contribution in [0.1, 0.15) is 37.0 Å². The minimum atomic E-state index is -0.0609. The molecule has 1 saturated carbocycles. The lowest BCUT2D eigenvalue weighted by Gasteiger charge is -2.30. The average Bonchev–Trinajstić information content (AvgIpc) is 2.88. The van der Waals surface area contributed by atoms with Gasteiger partial charge in [0.15, 0.2) is 0 Å². The van der Waals surface area contributed by atoms with Gasteiger partial charge in [0.2, 0.25) is 0 Å². The topological polar surface area (TPSA) is 24.4 Å². The van der Waals surface area contributed by atoms with E-state index >= 15 is 0 Å². The van der Waals surface area contributed by atoms with Gasteiger partial charge in [0.25, 0.3) is 0 Å². The van der Waals surface area contributed by atoms with Crippen LogP contribution in [-0.4, -0.2) is 16.4 Å². The highest BCUT2D eigenvalue weighted by atomic mass is 32.1. The van der Waals surface area contributed by atoms with E-state index in [1.807, 2.05) is 0 Å². The SMILES string of the molecule is S=C1NC2(CCCCC2)N=C1c1cccs1. The second-order valence-electron chi connectivity index (χ2n) is 4.48. The van der Waals surface area contributed by atoms with Crippen molar-refractivity contribution in [2.75, 3.05) is 0 Å². The van der Waals surface area contributed by atoms with E-state index in [4.69, 9.17) is 17.2 Å². The van der Waals surface area contributed by atoms with Gasteiger partial charge in [-0.1, -0.05) is 24.7 Å². The van der Waals surface area contributed by atoms with Crippen molar-refractivity contribution >= 4 is 34.3 Å². The van der Waals surface area contributed by atoms with Gasteiger partial charge in [-0.3, -0.25) is 4.99 Å². The standard InChI is InChI=1S/C12H14N2S2/c15-11-10(9-5-4-8-16-9)13-12(14-11)6-2-1-3-7-12/h4-5,8H,1-3,6-7H2,(H,14,15). The first-order valence-corrected chi connectivity index (χ1v) is 7.04. The van der Waals surface area contributed by atoms with E-state index in [9.17, 15) is 0 Å². The molecule has 84 valence electrons. The maximum Gasteiger partial charge on any atom is 0.131 e. The minimum absolute atomic E-state index is 0.0609. The van der Waals surface area contributed by atoms with Gasteiger partial charge in [-0.15, -0.1) is 11.3 Å². The van der Waals surface area contributed by atoms with E-state index in [-0.39, 0.29) is 5.66 Å². The Kier molecular flexibility index (Phi) is 2.56. The third-order valence-corrected chi connectivity index (χ3v) is 4.49. The van der Waals surface area contributed by atoms with Crippen LogP contribution in [0.5, 0.6) is 0 Å². The second kappa shape index (κ2) is 3.93. The highest BCUT2D eigenvalue weighted by molar-refractivity contribution is 7.82. The first-order valence-electron chi connectivity index (χ1n) is 5.75. The molecule has 4 heteroatoms. The normalized spacial score (nSPS) is 23.2. The lowest BCUT2D eigenvalue weighted by molar-refractivity contribution is 0.286. The van der Waals surface area contributed by atoms with Gasteiger partial charge in [0.1, 0.15) is 16.4 Å². The molecule has 0 saturated heterocycles. The summed E-state index contributed by atoms with van der Waals surface area (Å²) in [6, 6.07) is 4.15. The zero-order valence-corrected chi connectivity index (χ0v) is 10.7. The van der Waals surface area contributed by atoms with Crippen molar-refractivity contribution in [2.24, 2.45) is 4.99 Å². The third-order valence-electron chi connectivity index (χ3n) is 3.32. The number of nitrogens with zero attached hydrogens (tertiary/aromatic N) is 1. The Balaban J connectivity index is 1.94. The predicted octanol–water partition coefficient (Wildman–Crippen LogP) is 3.13. The fraction of sp³-hybridized carbons (Fsp3) is 0.500. The number of nitrogens with one attached hydrogen (secondary N) is 1. The van der Waals surface area contributed by atoms with Gasteiger partial charge in [-0.05, 0) is 37.1 Å². The van der Waals surface area contributed by atoms with Crippen LogP contribution >= 0.6 is 23.6 Å². The summed E-state index contributed by atoms with van der Waals surface area (Å²) in [6.45, 7) is 0. The van der Waals surface area contributed by atoms with Gasteiger partial charge < -0.3 is 5.32 Å². The Hall–Kier alpha value is -0.740. The molecule has 0 unspecified atom stereocenters. The number of hydrogen-bond acceptors (Lipinski definition) is 3. The van der Waals surface area contributed by atoms with E-state index in [0.29, 0.717) is 0 Å². The molecule has 2 aliphatic rings. The Labute approximate surface area is 105 Å². The van der Waals surface area contributed by atoms with Crippen molar-refractivity contribution in [3.63, 3.8) is 0 Å². The van der Waals surface area contributed by atoms with Crippen molar-refractivity contribution in [1.29, 1.82) is 0 Å². The number of rotatable bonds is 1. The average molecular weight is 250 g/mol. The largest absolute Gasteiger partial charge is 0.351 e. The van der Waals surface area contributed by atoms with Crippen LogP contribution in [0.25, 0.3) is 0 Å². The summed E-state index contributed by atoms with van der Waals surface area (Å²) in [6.07, 6.45) is 6.11. The van der Waals surface area contributed by atoms with Crippen LogP contribution < -0.4 is 5.32 Å². The van der Waals surface area contributed by atoms with Gasteiger partial charge >= 0.3 is 0 Å². The quantitative estimate of drug-likeness (QED) is 0.774. The van der Waals surface area contributed by atoms with Crippen molar-refractivity contribution in [2.45, 2.75) is 37.8 Å². The predicted molar refractivity (Wildman–Crippen MR) is 72.4 cm³/mol. The molecule has 16 heavy (non-hydrogen) atoms. The van der Waals surface area contributed by atoms with E-state index in [0.717, 1.165) is 23.5 Å². The molecule has 3 rings (SSSR count). The maximum absolute atomic E-state index is 5.41. The molecule has 1 N–H and O–H groups in total. The molecule has 1 aliphatic heterocycles. The molecule has 1 aliphatic carbocycles. The van der Waals surface area contributed by atoms with Gasteiger partial charge in [-0.2, -0.15) is 0 Å². The first kappa shape index (κ1) is 10.4. The molecule has 0 radical (unpaired) electrons. The molecule has 0 bridgehead atoms. The van der Waals surface area contributed by atoms with Gasteiger partial charge in [0, 0.05) is 0 Å². The summed E-state index contributed by atoms with van der Waals surface area (Å²) < 4.78 is 0. The zero-order valence-electron chi connectivity index (χ0n) is 9.03. The smallest absolute Gasteiger partial charge is 0.131 e. The Morgan fingerprint density at radius 1 is 1.31 bits per heavy atom. The molecule has 1 fully saturated rings. The summed E-state index contributed by atoms with van der Waals surface area (Å²) >= 11 is 7.12. The summed E-state index contributed by atoms with van der Waals surface area (Å²) in [7, 11) is 0. The highest BCUT2D eigenvalue weighted by Crippen LogP contribution is 2.33. The molecule has 0 atom stereocenters. The number of aliphatic imine (C=N–C) groups is 1. The Morgan fingerprint density at radius 3 is 2.81 bits per heavy atom. The van der Waals surface area contributed by atoms with E-state index in [2.05, 4.69) is 22.8 Å². The fourth-order valence-corrected chi connectivity index (χ4v) is 3.65. The summed E-state index contributed by atoms with van der Waals surface area (Å²) in [4.78, 5) is 6.91. The monoisotopic (exact) mass is 250 g/mol. The summed E-state index contributed by atoms with van der Waals surface area (Å²) in [5.41, 5.74) is 0.946. The number of thiocarbonyl (C=S) groups is 1. The Bertz CT molecular complexity index is 428. The van der Waals surface area contributed by atoms with Crippen molar-refractivity contribution < 1.29 is 0 Å². The van der Waals surface area contributed by atoms with Crippen molar-refractivity contribution in [1.82, 2.24) is 5.32 Å². The molecular weight excluding hydrogens is 236 g/mol. The maximum atomic E-state index is 5.41. The van der Waals surface area contributed by atoms with Crippen LogP contribution in [0.15, 0.2) is 22.5 Å². The first-order chi connectivity index (χ1) is 7.79. The van der Waals surface area contributed by atoms with Crippen molar-refractivity contribution in [3.05, 3.63) is 22.4 Å². The van der Waals surface area contributed by atoms with Crippen molar-refractivity contribution in [3.8, 4) is 0 Å². The minimum Gasteiger partial charge on any atom is -0.351 e. The molecule has 0 amide bonds. The third kappa shape index (κ3) is 1.70. The van der Waals surface area contributed by atoms with Crippen LogP contribution in [-0.2, 0) is 0 Å². The highest BCUT2D eigenvalue weighted by Gasteiger charge is 2.38. The summed E-state index contributed by atoms with van der Waals surface area (Å²) in [5.74, 6) is 0. The van der Waals surface area contributed by atoms with E-state index in [1.165, 1.54) is 24.1 Å². The zero-order chi connectivity index (χ0) is 11.0. The summed E-state index contributed by atoms with van der Waals surface area (Å²) in [5, 5.41) is 5.52. The molecule has 1 spiro atoms. The lowest BCUT2D eigenvalue weighted by atomic mass is 9.90. The Morgan fingerprint density at radius 2 is 2.12 bits per heavy atom. The fourth-order valence-electron chi connectivity index (χ4n) is 2.52. The molecule has 1 aromatic heterocycles. The lowest BCUT2D eigenvalue weighted by Crippen LogP contribution is -2.43. The van der Waals surface area contributed by atoms with Crippen LogP contribution in [0, 0.1) is 0 Å². The van der Waals surface area contributed by atoms with Gasteiger partial charge in [-0.25, -0.2) is 0 Å². The van der Waals surface area contributed by atoms with Crippen LogP contribution in [0.2, 0.25) is 0 Å². The number of thiophene rings is 1. The molecule has 2 heterocycles. The van der Waals surface area contributed by atoms with Crippen LogP contribution in [0.3, 0.4) is 0 Å². The molecule has 0 aromatic carbocycles. The molecular formula is C12H14N2S2.